The van der Waals surface area contributed by atoms with Gasteiger partial charge in [0, 0.05) is 24.4 Å². The predicted molar refractivity (Wildman–Crippen MR) is 84.6 cm³/mol. The minimum absolute atomic E-state index is 0.612. The summed E-state index contributed by atoms with van der Waals surface area (Å²) in [5.74, 6) is 2.20. The van der Waals surface area contributed by atoms with Gasteiger partial charge in [-0.3, -0.25) is 0 Å². The van der Waals surface area contributed by atoms with E-state index in [4.69, 9.17) is 14.2 Å². The maximum Gasteiger partial charge on any atom is 0.131 e. The van der Waals surface area contributed by atoms with Crippen molar-refractivity contribution in [2.45, 2.75) is 13.5 Å². The lowest BCUT2D eigenvalue weighted by Gasteiger charge is -2.16. The fraction of sp³-hybridized carbons (Fsp3) is 0.294. The normalized spacial score (nSPS) is 10.1. The third-order valence-electron chi connectivity index (χ3n) is 3.42. The molecule has 0 unspecified atom stereocenters. The molecule has 0 atom stereocenters. The molecule has 0 saturated heterocycles. The van der Waals surface area contributed by atoms with E-state index in [-0.39, 0.29) is 0 Å². The lowest BCUT2D eigenvalue weighted by Crippen LogP contribution is -2.05. The molecule has 0 aliphatic rings. The van der Waals surface area contributed by atoms with Crippen molar-refractivity contribution in [1.29, 1.82) is 0 Å². The fourth-order valence-electron chi connectivity index (χ4n) is 2.21. The van der Waals surface area contributed by atoms with Crippen LogP contribution in [-0.2, 0) is 6.54 Å². The summed E-state index contributed by atoms with van der Waals surface area (Å²) >= 11 is 0. The monoisotopic (exact) mass is 287 g/mol. The Kier molecular flexibility index (Phi) is 4.93. The van der Waals surface area contributed by atoms with E-state index in [1.807, 2.05) is 24.3 Å². The van der Waals surface area contributed by atoms with E-state index in [2.05, 4.69) is 24.4 Å². The summed E-state index contributed by atoms with van der Waals surface area (Å²) in [6.45, 7) is 2.69. The Bertz CT molecular complexity index is 586. The summed E-state index contributed by atoms with van der Waals surface area (Å²) in [7, 11) is 4.91. The van der Waals surface area contributed by atoms with Crippen LogP contribution in [0.5, 0.6) is 17.2 Å². The van der Waals surface area contributed by atoms with Gasteiger partial charge in [-0.05, 0) is 18.6 Å². The summed E-state index contributed by atoms with van der Waals surface area (Å²) < 4.78 is 16.2. The molecular weight excluding hydrogens is 266 g/mol. The summed E-state index contributed by atoms with van der Waals surface area (Å²) in [4.78, 5) is 0. The maximum atomic E-state index is 5.45. The number of para-hydroxylation sites is 1. The lowest BCUT2D eigenvalue weighted by molar-refractivity contribution is 0.369. The van der Waals surface area contributed by atoms with Crippen molar-refractivity contribution < 1.29 is 14.2 Å². The number of methoxy groups -OCH3 is 3. The zero-order valence-corrected chi connectivity index (χ0v) is 12.9. The molecule has 0 heterocycles. The Morgan fingerprint density at radius 3 is 2.05 bits per heavy atom. The number of hydrogen-bond donors (Lipinski definition) is 1. The topological polar surface area (TPSA) is 39.7 Å². The van der Waals surface area contributed by atoms with Gasteiger partial charge in [0.25, 0.3) is 0 Å². The van der Waals surface area contributed by atoms with Crippen LogP contribution in [0.1, 0.15) is 11.1 Å². The van der Waals surface area contributed by atoms with Gasteiger partial charge in [-0.1, -0.05) is 18.2 Å². The molecule has 0 aliphatic heterocycles. The van der Waals surface area contributed by atoms with Crippen LogP contribution >= 0.6 is 0 Å². The van der Waals surface area contributed by atoms with Gasteiger partial charge in [0.15, 0.2) is 0 Å². The highest BCUT2D eigenvalue weighted by atomic mass is 16.5. The molecule has 0 radical (unpaired) electrons. The summed E-state index contributed by atoms with van der Waals surface area (Å²) in [6.07, 6.45) is 0. The van der Waals surface area contributed by atoms with Crippen LogP contribution in [0.15, 0.2) is 36.4 Å². The molecule has 0 aliphatic carbocycles. The van der Waals surface area contributed by atoms with E-state index < -0.39 is 0 Å². The molecule has 0 fully saturated rings. The molecule has 2 rings (SSSR count). The van der Waals surface area contributed by atoms with Crippen LogP contribution in [0.25, 0.3) is 0 Å². The first-order chi connectivity index (χ1) is 10.2. The van der Waals surface area contributed by atoms with Crippen molar-refractivity contribution in [3.63, 3.8) is 0 Å². The van der Waals surface area contributed by atoms with Gasteiger partial charge in [0.05, 0.1) is 26.9 Å². The predicted octanol–water partition coefficient (Wildman–Crippen LogP) is 3.63. The first-order valence-electron chi connectivity index (χ1n) is 6.78. The highest BCUT2D eigenvalue weighted by Crippen LogP contribution is 2.34. The minimum Gasteiger partial charge on any atom is -0.496 e. The van der Waals surface area contributed by atoms with Gasteiger partial charge in [0.2, 0.25) is 0 Å². The Balaban J connectivity index is 2.28. The Morgan fingerprint density at radius 2 is 1.52 bits per heavy atom. The Hall–Kier alpha value is -2.36. The maximum absolute atomic E-state index is 5.45. The number of hydrogen-bond acceptors (Lipinski definition) is 4. The second-order valence-corrected chi connectivity index (χ2v) is 4.68. The van der Waals surface area contributed by atoms with Crippen LogP contribution in [0.2, 0.25) is 0 Å². The number of rotatable bonds is 6. The van der Waals surface area contributed by atoms with Crippen LogP contribution in [0.3, 0.4) is 0 Å². The third-order valence-corrected chi connectivity index (χ3v) is 3.42. The second-order valence-electron chi connectivity index (χ2n) is 4.68. The molecule has 112 valence electrons. The Labute approximate surface area is 125 Å². The van der Waals surface area contributed by atoms with Gasteiger partial charge in [-0.25, -0.2) is 0 Å². The number of nitrogens with one attached hydrogen (secondary N) is 1. The zero-order valence-electron chi connectivity index (χ0n) is 12.9. The zero-order chi connectivity index (χ0) is 15.2. The van der Waals surface area contributed by atoms with Crippen molar-refractivity contribution in [3.05, 3.63) is 47.5 Å². The van der Waals surface area contributed by atoms with E-state index in [0.717, 1.165) is 22.7 Å². The molecule has 4 heteroatoms. The van der Waals surface area contributed by atoms with Crippen molar-refractivity contribution >= 4 is 5.69 Å². The fourth-order valence-corrected chi connectivity index (χ4v) is 2.21. The quantitative estimate of drug-likeness (QED) is 0.880. The molecule has 0 amide bonds. The van der Waals surface area contributed by atoms with Crippen molar-refractivity contribution in [2.75, 3.05) is 26.6 Å². The average molecular weight is 287 g/mol. The van der Waals surface area contributed by atoms with E-state index in [0.29, 0.717) is 12.3 Å². The molecule has 0 bridgehead atoms. The van der Waals surface area contributed by atoms with Crippen molar-refractivity contribution in [3.8, 4) is 17.2 Å². The highest BCUT2D eigenvalue weighted by Gasteiger charge is 2.13. The molecule has 4 nitrogen and oxygen atoms in total. The van der Waals surface area contributed by atoms with E-state index in [9.17, 15) is 0 Å². The minimum atomic E-state index is 0.612. The van der Waals surface area contributed by atoms with Crippen LogP contribution in [-0.4, -0.2) is 21.3 Å². The Morgan fingerprint density at radius 1 is 0.905 bits per heavy atom. The van der Waals surface area contributed by atoms with Crippen LogP contribution in [0.4, 0.5) is 5.69 Å². The molecule has 21 heavy (non-hydrogen) atoms. The third kappa shape index (κ3) is 3.40. The first-order valence-corrected chi connectivity index (χ1v) is 6.78. The molecule has 2 aromatic rings. The van der Waals surface area contributed by atoms with Gasteiger partial charge in [0.1, 0.15) is 17.2 Å². The van der Waals surface area contributed by atoms with Crippen molar-refractivity contribution in [2.24, 2.45) is 0 Å². The molecule has 2 aromatic carbocycles. The van der Waals surface area contributed by atoms with E-state index >= 15 is 0 Å². The second kappa shape index (κ2) is 6.88. The van der Waals surface area contributed by atoms with Crippen LogP contribution in [0, 0.1) is 6.92 Å². The molecule has 0 saturated carbocycles. The number of anilines is 1. The van der Waals surface area contributed by atoms with Gasteiger partial charge < -0.3 is 19.5 Å². The summed E-state index contributed by atoms with van der Waals surface area (Å²) in [5, 5.41) is 3.42. The largest absolute Gasteiger partial charge is 0.496 e. The molecule has 0 spiro atoms. The summed E-state index contributed by atoms with van der Waals surface area (Å²) in [5.41, 5.74) is 3.26. The van der Waals surface area contributed by atoms with Gasteiger partial charge in [-0.15, -0.1) is 0 Å². The first kappa shape index (κ1) is 15.0. The summed E-state index contributed by atoms with van der Waals surface area (Å²) in [6, 6.07) is 11.9. The molecule has 0 aromatic heterocycles. The molecular formula is C17H21NO3. The number of ether oxygens (including phenoxy) is 3. The average Bonchev–Trinajstić information content (AvgIpc) is 2.53. The van der Waals surface area contributed by atoms with Gasteiger partial charge >= 0.3 is 0 Å². The lowest BCUT2D eigenvalue weighted by atomic mass is 10.1. The SMILES string of the molecule is COc1cc(OC)c(CNc2ccccc2C)c(OC)c1. The highest BCUT2D eigenvalue weighted by molar-refractivity contribution is 5.55. The van der Waals surface area contributed by atoms with E-state index in [1.54, 1.807) is 21.3 Å². The van der Waals surface area contributed by atoms with Crippen LogP contribution < -0.4 is 19.5 Å². The van der Waals surface area contributed by atoms with Gasteiger partial charge in [-0.2, -0.15) is 0 Å². The van der Waals surface area contributed by atoms with Crippen molar-refractivity contribution in [1.82, 2.24) is 0 Å². The number of benzene rings is 2. The number of aryl methyl sites for hydroxylation is 1. The van der Waals surface area contributed by atoms with E-state index in [1.165, 1.54) is 5.56 Å². The standard InChI is InChI=1S/C17H21NO3/c1-12-7-5-6-8-15(12)18-11-14-16(20-3)9-13(19-2)10-17(14)21-4/h5-10,18H,11H2,1-4H3. The smallest absolute Gasteiger partial charge is 0.131 e. The molecule has 1 N–H and O–H groups in total.